The average molecular weight is 406 g/mol. The third kappa shape index (κ3) is 3.85. The van der Waals surface area contributed by atoms with Crippen molar-refractivity contribution in [2.75, 3.05) is 6.54 Å². The van der Waals surface area contributed by atoms with Crippen LogP contribution >= 0.6 is 22.9 Å². The Labute approximate surface area is 155 Å². The number of hydrogen-bond donors (Lipinski definition) is 1. The van der Waals surface area contributed by atoms with Crippen LogP contribution in [-0.4, -0.2) is 32.0 Å². The lowest BCUT2D eigenvalue weighted by molar-refractivity contribution is -0.140. The van der Waals surface area contributed by atoms with E-state index in [-0.39, 0.29) is 16.2 Å². The van der Waals surface area contributed by atoms with Crippen LogP contribution in [0.4, 0.5) is 13.2 Å². The number of thiophene rings is 1. The smallest absolute Gasteiger partial charge is 0.351 e. The highest BCUT2D eigenvalue weighted by Gasteiger charge is 2.37. The minimum atomic E-state index is -4.56. The second-order valence-electron chi connectivity index (χ2n) is 6.00. The van der Waals surface area contributed by atoms with Gasteiger partial charge in [0.15, 0.2) is 5.69 Å². The molecular weight excluding hydrogens is 391 g/mol. The molecule has 26 heavy (non-hydrogen) atoms. The molecule has 0 radical (unpaired) electrons. The molecule has 0 aromatic carbocycles. The van der Waals surface area contributed by atoms with Crippen molar-refractivity contribution >= 4 is 39.1 Å². The first-order valence-corrected chi connectivity index (χ1v) is 8.84. The molecule has 3 heterocycles. The number of carbonyl (C=O) groups is 1. The first-order chi connectivity index (χ1) is 12.1. The zero-order valence-electron chi connectivity index (χ0n) is 13.8. The van der Waals surface area contributed by atoms with E-state index in [9.17, 15) is 18.0 Å². The van der Waals surface area contributed by atoms with Crippen LogP contribution in [0.15, 0.2) is 18.5 Å². The van der Waals surface area contributed by atoms with E-state index in [0.717, 1.165) is 16.0 Å². The first kappa shape index (κ1) is 18.7. The highest BCUT2D eigenvalue weighted by Crippen LogP contribution is 2.37. The molecule has 11 heteroatoms. The maximum absolute atomic E-state index is 13.0. The summed E-state index contributed by atoms with van der Waals surface area (Å²) >= 11 is 6.78. The van der Waals surface area contributed by atoms with E-state index in [1.165, 1.54) is 19.3 Å². The van der Waals surface area contributed by atoms with Crippen LogP contribution < -0.4 is 5.32 Å². The zero-order chi connectivity index (χ0) is 19.1. The second kappa shape index (κ2) is 6.92. The van der Waals surface area contributed by atoms with Crippen LogP contribution in [0, 0.1) is 5.92 Å². The van der Waals surface area contributed by atoms with Crippen molar-refractivity contribution in [3.05, 3.63) is 34.1 Å². The summed E-state index contributed by atoms with van der Waals surface area (Å²) in [4.78, 5) is 12.8. The summed E-state index contributed by atoms with van der Waals surface area (Å²) < 4.78 is 41.9. The van der Waals surface area contributed by atoms with E-state index in [2.05, 4.69) is 15.5 Å². The Balaban J connectivity index is 1.68. The number of nitrogens with one attached hydrogen (secondary N) is 1. The van der Waals surface area contributed by atoms with E-state index in [1.54, 1.807) is 10.9 Å². The van der Waals surface area contributed by atoms with Crippen molar-refractivity contribution in [3.8, 4) is 0 Å². The molecule has 0 spiro atoms. The zero-order valence-corrected chi connectivity index (χ0v) is 15.4. The Kier molecular flexibility index (Phi) is 4.98. The summed E-state index contributed by atoms with van der Waals surface area (Å²) in [5, 5.41) is 10.8. The van der Waals surface area contributed by atoms with Gasteiger partial charge in [0.2, 0.25) is 0 Å². The van der Waals surface area contributed by atoms with E-state index in [4.69, 9.17) is 11.6 Å². The van der Waals surface area contributed by atoms with Gasteiger partial charge in [-0.15, -0.1) is 11.3 Å². The van der Waals surface area contributed by atoms with Crippen molar-refractivity contribution < 1.29 is 18.0 Å². The molecule has 3 rings (SSSR count). The van der Waals surface area contributed by atoms with E-state index in [0.29, 0.717) is 22.9 Å². The maximum Gasteiger partial charge on any atom is 0.435 e. The topological polar surface area (TPSA) is 64.7 Å². The molecule has 0 saturated heterocycles. The number of carbonyl (C=O) groups excluding carboxylic acids is 1. The highest BCUT2D eigenvalue weighted by atomic mass is 35.5. The Hall–Kier alpha value is -2.07. The molecule has 3 aromatic rings. The number of rotatable bonds is 5. The van der Waals surface area contributed by atoms with Gasteiger partial charge >= 0.3 is 6.18 Å². The van der Waals surface area contributed by atoms with Gasteiger partial charge in [-0.2, -0.15) is 23.4 Å². The number of aromatic nitrogens is 4. The van der Waals surface area contributed by atoms with Crippen LogP contribution in [0.2, 0.25) is 5.02 Å². The highest BCUT2D eigenvalue weighted by molar-refractivity contribution is 7.20. The quantitative estimate of drug-likeness (QED) is 0.705. The molecule has 0 saturated carbocycles. The molecule has 0 fully saturated rings. The van der Waals surface area contributed by atoms with Crippen LogP contribution in [-0.2, 0) is 19.8 Å². The maximum atomic E-state index is 13.0. The lowest BCUT2D eigenvalue weighted by Crippen LogP contribution is -2.29. The Morgan fingerprint density at radius 1 is 1.46 bits per heavy atom. The SMILES string of the molecule is C[C@@H](CNC(=O)c1cc2c(C(F)(F)F)nn(C)c2s1)Cn1cc(Cl)cn1. The predicted octanol–water partition coefficient (Wildman–Crippen LogP) is 3.57. The number of fused-ring (bicyclic) bond motifs is 1. The third-order valence-corrected chi connectivity index (χ3v) is 5.11. The Morgan fingerprint density at radius 3 is 2.81 bits per heavy atom. The third-order valence-electron chi connectivity index (χ3n) is 3.72. The molecule has 0 aliphatic rings. The van der Waals surface area contributed by atoms with Crippen LogP contribution in [0.3, 0.4) is 0 Å². The summed E-state index contributed by atoms with van der Waals surface area (Å²) in [5.74, 6) is -0.346. The van der Waals surface area contributed by atoms with Gasteiger partial charge in [-0.1, -0.05) is 18.5 Å². The summed E-state index contributed by atoms with van der Waals surface area (Å²) in [6, 6.07) is 1.24. The standard InChI is InChI=1S/C15H15ClF3N5OS/c1-8(6-24-7-9(16)5-21-24)4-20-13(25)11-3-10-12(15(17,18)19)22-23(2)14(10)26-11/h3,5,7-8H,4,6H2,1-2H3,(H,20,25)/t8-/m0/s1. The van der Waals surface area contributed by atoms with Gasteiger partial charge in [0.25, 0.3) is 5.91 Å². The van der Waals surface area contributed by atoms with Crippen molar-refractivity contribution in [2.45, 2.75) is 19.6 Å². The molecule has 0 unspecified atom stereocenters. The molecule has 1 N–H and O–H groups in total. The molecule has 0 aliphatic carbocycles. The number of nitrogens with zero attached hydrogens (tertiary/aromatic N) is 4. The minimum absolute atomic E-state index is 0.0608. The number of amides is 1. The number of aryl methyl sites for hydroxylation is 1. The Bertz CT molecular complexity index is 945. The minimum Gasteiger partial charge on any atom is -0.351 e. The lowest BCUT2D eigenvalue weighted by atomic mass is 10.2. The predicted molar refractivity (Wildman–Crippen MR) is 92.3 cm³/mol. The number of hydrogen-bond acceptors (Lipinski definition) is 4. The van der Waals surface area contributed by atoms with Gasteiger partial charge in [0.05, 0.1) is 16.1 Å². The normalized spacial score (nSPS) is 13.3. The number of halogens is 4. The van der Waals surface area contributed by atoms with Crippen molar-refractivity contribution in [1.82, 2.24) is 24.9 Å². The molecule has 0 bridgehead atoms. The molecule has 6 nitrogen and oxygen atoms in total. The van der Waals surface area contributed by atoms with Gasteiger partial charge in [0, 0.05) is 31.7 Å². The van der Waals surface area contributed by atoms with E-state index < -0.39 is 17.8 Å². The fourth-order valence-corrected chi connectivity index (χ4v) is 3.68. The molecule has 1 atom stereocenters. The van der Waals surface area contributed by atoms with E-state index in [1.807, 2.05) is 6.92 Å². The van der Waals surface area contributed by atoms with Gasteiger partial charge in [0.1, 0.15) is 4.83 Å². The van der Waals surface area contributed by atoms with Crippen LogP contribution in [0.1, 0.15) is 22.3 Å². The molecule has 1 amide bonds. The largest absolute Gasteiger partial charge is 0.435 e. The summed E-state index contributed by atoms with van der Waals surface area (Å²) in [5.41, 5.74) is -0.978. The fourth-order valence-electron chi connectivity index (χ4n) is 2.54. The summed E-state index contributed by atoms with van der Waals surface area (Å²) in [6.07, 6.45) is -1.36. The molecular formula is C15H15ClF3N5OS. The van der Waals surface area contributed by atoms with Crippen molar-refractivity contribution in [3.63, 3.8) is 0 Å². The summed E-state index contributed by atoms with van der Waals surface area (Å²) in [7, 11) is 1.42. The van der Waals surface area contributed by atoms with Crippen LogP contribution in [0.25, 0.3) is 10.2 Å². The average Bonchev–Trinajstić information content (AvgIpc) is 3.21. The van der Waals surface area contributed by atoms with Gasteiger partial charge in [-0.05, 0) is 12.0 Å². The van der Waals surface area contributed by atoms with Gasteiger partial charge in [-0.25, -0.2) is 0 Å². The molecule has 3 aromatic heterocycles. The van der Waals surface area contributed by atoms with Gasteiger partial charge < -0.3 is 5.32 Å². The number of alkyl halides is 3. The summed E-state index contributed by atoms with van der Waals surface area (Å²) in [6.45, 7) is 2.84. The van der Waals surface area contributed by atoms with Gasteiger partial charge in [-0.3, -0.25) is 14.2 Å². The van der Waals surface area contributed by atoms with Crippen molar-refractivity contribution in [1.29, 1.82) is 0 Å². The fraction of sp³-hybridized carbons (Fsp3) is 0.400. The Morgan fingerprint density at radius 2 is 2.19 bits per heavy atom. The first-order valence-electron chi connectivity index (χ1n) is 7.65. The van der Waals surface area contributed by atoms with E-state index >= 15 is 0 Å². The lowest BCUT2D eigenvalue weighted by Gasteiger charge is -2.12. The monoisotopic (exact) mass is 405 g/mol. The van der Waals surface area contributed by atoms with Crippen LogP contribution in [0.5, 0.6) is 0 Å². The molecule has 0 aliphatic heterocycles. The van der Waals surface area contributed by atoms with Crippen molar-refractivity contribution in [2.24, 2.45) is 13.0 Å². The second-order valence-corrected chi connectivity index (χ2v) is 7.46. The molecule has 140 valence electrons.